The molecule has 0 saturated heterocycles. The van der Waals surface area contributed by atoms with Gasteiger partial charge in [0.1, 0.15) is 5.75 Å². The van der Waals surface area contributed by atoms with Gasteiger partial charge in [0, 0.05) is 29.2 Å². The second-order valence-electron chi connectivity index (χ2n) is 6.77. The Morgan fingerprint density at radius 3 is 2.71 bits per heavy atom. The first-order chi connectivity index (χ1) is 13.8. The summed E-state index contributed by atoms with van der Waals surface area (Å²) < 4.78 is 5.45. The number of amides is 1. The number of hydrogen-bond acceptors (Lipinski definition) is 4. The molecule has 4 nitrogen and oxygen atoms in total. The number of carbonyl (C=O) groups is 1. The number of carbonyl (C=O) groups excluding carboxylic acids is 1. The number of rotatable bonds is 7. The van der Waals surface area contributed by atoms with E-state index in [0.717, 1.165) is 18.7 Å². The van der Waals surface area contributed by atoms with Gasteiger partial charge in [0.15, 0.2) is 0 Å². The number of thiophene rings is 1. The maximum Gasteiger partial charge on any atom is 0.251 e. The summed E-state index contributed by atoms with van der Waals surface area (Å²) >= 11 is 1.74. The molecule has 1 unspecified atom stereocenters. The van der Waals surface area contributed by atoms with Gasteiger partial charge in [-0.3, -0.25) is 4.79 Å². The smallest absolute Gasteiger partial charge is 0.251 e. The number of nitrogens with zero attached hydrogens (tertiary/aromatic N) is 1. The summed E-state index contributed by atoms with van der Waals surface area (Å²) in [5, 5.41) is 5.23. The van der Waals surface area contributed by atoms with E-state index in [9.17, 15) is 4.79 Å². The number of anilines is 1. The Bertz CT molecular complexity index is 922. The molecule has 1 atom stereocenters. The van der Waals surface area contributed by atoms with Crippen LogP contribution in [0.4, 0.5) is 5.69 Å². The summed E-state index contributed by atoms with van der Waals surface area (Å²) in [5.41, 5.74) is 3.30. The molecule has 1 aliphatic rings. The van der Waals surface area contributed by atoms with Gasteiger partial charge in [-0.15, -0.1) is 11.3 Å². The fraction of sp³-hybridized carbons (Fsp3) is 0.261. The maximum absolute atomic E-state index is 12.7. The minimum Gasteiger partial charge on any atom is -0.494 e. The van der Waals surface area contributed by atoms with E-state index in [2.05, 4.69) is 52.0 Å². The van der Waals surface area contributed by atoms with Gasteiger partial charge in [-0.2, -0.15) is 0 Å². The van der Waals surface area contributed by atoms with Crippen molar-refractivity contribution in [2.45, 2.75) is 19.4 Å². The third kappa shape index (κ3) is 3.90. The number of ether oxygens (including phenoxy) is 1. The van der Waals surface area contributed by atoms with Crippen LogP contribution in [0.25, 0.3) is 0 Å². The van der Waals surface area contributed by atoms with Crippen LogP contribution in [-0.2, 0) is 6.42 Å². The summed E-state index contributed by atoms with van der Waals surface area (Å²) in [6.07, 6.45) is 1.05. The minimum atomic E-state index is -0.0583. The zero-order chi connectivity index (χ0) is 19.3. The van der Waals surface area contributed by atoms with Gasteiger partial charge < -0.3 is 15.0 Å². The highest BCUT2D eigenvalue weighted by molar-refractivity contribution is 7.10. The van der Waals surface area contributed by atoms with Crippen molar-refractivity contribution in [3.8, 4) is 5.75 Å². The molecule has 1 N–H and O–H groups in total. The Morgan fingerprint density at radius 1 is 1.14 bits per heavy atom. The Labute approximate surface area is 169 Å². The molecule has 28 heavy (non-hydrogen) atoms. The van der Waals surface area contributed by atoms with Crippen LogP contribution < -0.4 is 15.0 Å². The van der Waals surface area contributed by atoms with Crippen molar-refractivity contribution in [2.75, 3.05) is 24.6 Å². The fourth-order valence-corrected chi connectivity index (χ4v) is 4.53. The molecule has 4 rings (SSSR count). The van der Waals surface area contributed by atoms with Crippen LogP contribution >= 0.6 is 11.3 Å². The molecule has 2 aromatic carbocycles. The third-order valence-corrected chi connectivity index (χ3v) is 6.03. The van der Waals surface area contributed by atoms with Gasteiger partial charge in [-0.1, -0.05) is 24.3 Å². The molecule has 144 valence electrons. The maximum atomic E-state index is 12.7. The Morgan fingerprint density at radius 2 is 1.96 bits per heavy atom. The average molecular weight is 393 g/mol. The molecule has 5 heteroatoms. The number of benzene rings is 2. The second kappa shape index (κ2) is 8.48. The van der Waals surface area contributed by atoms with E-state index >= 15 is 0 Å². The molecular weight excluding hydrogens is 368 g/mol. The molecule has 0 saturated carbocycles. The Kier molecular flexibility index (Phi) is 5.63. The van der Waals surface area contributed by atoms with Crippen molar-refractivity contribution in [1.29, 1.82) is 0 Å². The normalized spacial score (nSPS) is 13.8. The van der Waals surface area contributed by atoms with Crippen molar-refractivity contribution in [3.63, 3.8) is 0 Å². The molecule has 2 heterocycles. The lowest BCUT2D eigenvalue weighted by Gasteiger charge is -2.30. The Balaban J connectivity index is 1.49. The van der Waals surface area contributed by atoms with E-state index in [0.29, 0.717) is 18.7 Å². The first kappa shape index (κ1) is 18.6. The minimum absolute atomic E-state index is 0.0583. The fourth-order valence-electron chi connectivity index (χ4n) is 3.69. The van der Waals surface area contributed by atoms with E-state index in [1.54, 1.807) is 11.3 Å². The van der Waals surface area contributed by atoms with Crippen LogP contribution in [0.2, 0.25) is 0 Å². The molecule has 0 radical (unpaired) electrons. The monoisotopic (exact) mass is 392 g/mol. The molecule has 1 aliphatic heterocycles. The summed E-state index contributed by atoms with van der Waals surface area (Å²) in [5.74, 6) is 0.723. The molecule has 3 aromatic rings. The predicted molar refractivity (Wildman–Crippen MR) is 114 cm³/mol. The largest absolute Gasteiger partial charge is 0.494 e. The van der Waals surface area contributed by atoms with Gasteiger partial charge >= 0.3 is 0 Å². The molecule has 0 spiro atoms. The lowest BCUT2D eigenvalue weighted by atomic mass is 10.1. The number of nitrogens with one attached hydrogen (secondary N) is 1. The predicted octanol–water partition coefficient (Wildman–Crippen LogP) is 4.68. The number of para-hydroxylation sites is 1. The second-order valence-corrected chi connectivity index (χ2v) is 7.75. The summed E-state index contributed by atoms with van der Waals surface area (Å²) in [6.45, 7) is 4.11. The Hall–Kier alpha value is -2.79. The van der Waals surface area contributed by atoms with Crippen LogP contribution in [0.15, 0.2) is 66.0 Å². The van der Waals surface area contributed by atoms with Crippen LogP contribution in [-0.4, -0.2) is 25.6 Å². The topological polar surface area (TPSA) is 41.6 Å². The van der Waals surface area contributed by atoms with E-state index < -0.39 is 0 Å². The van der Waals surface area contributed by atoms with E-state index in [1.807, 2.05) is 31.2 Å². The molecule has 0 aliphatic carbocycles. The van der Waals surface area contributed by atoms with Gasteiger partial charge in [-0.25, -0.2) is 0 Å². The molecule has 1 aromatic heterocycles. The van der Waals surface area contributed by atoms with Crippen LogP contribution in [0, 0.1) is 0 Å². The SMILES string of the molecule is CCOc1ccc(C(=O)NCC(c2cccs2)N2CCc3ccccc32)cc1. The lowest BCUT2D eigenvalue weighted by molar-refractivity contribution is 0.0951. The quantitative estimate of drug-likeness (QED) is 0.635. The van der Waals surface area contributed by atoms with Crippen LogP contribution in [0.3, 0.4) is 0 Å². The molecule has 1 amide bonds. The highest BCUT2D eigenvalue weighted by Crippen LogP contribution is 2.36. The van der Waals surface area contributed by atoms with Gasteiger partial charge in [-0.05, 0) is 60.7 Å². The van der Waals surface area contributed by atoms with Crippen molar-refractivity contribution in [2.24, 2.45) is 0 Å². The average Bonchev–Trinajstić information content (AvgIpc) is 3.40. The van der Waals surface area contributed by atoms with E-state index in [4.69, 9.17) is 4.74 Å². The molecule has 0 fully saturated rings. The zero-order valence-electron chi connectivity index (χ0n) is 15.9. The van der Waals surface area contributed by atoms with Crippen molar-refractivity contribution in [1.82, 2.24) is 5.32 Å². The van der Waals surface area contributed by atoms with Crippen LogP contribution in [0.1, 0.15) is 33.8 Å². The summed E-state index contributed by atoms with van der Waals surface area (Å²) in [7, 11) is 0. The number of hydrogen-bond donors (Lipinski definition) is 1. The summed E-state index contributed by atoms with van der Waals surface area (Å²) in [6, 6.07) is 20.2. The standard InChI is InChI=1S/C23H24N2O2S/c1-2-27-19-11-9-18(10-12-19)23(26)24-16-21(22-8-5-15-28-22)25-14-13-17-6-3-4-7-20(17)25/h3-12,15,21H,2,13-14,16H2,1H3,(H,24,26). The first-order valence-corrected chi connectivity index (χ1v) is 10.5. The van der Waals surface area contributed by atoms with Crippen LogP contribution in [0.5, 0.6) is 5.75 Å². The summed E-state index contributed by atoms with van der Waals surface area (Å²) in [4.78, 5) is 16.4. The van der Waals surface area contributed by atoms with Crippen molar-refractivity contribution >= 4 is 22.9 Å². The van der Waals surface area contributed by atoms with Gasteiger partial charge in [0.25, 0.3) is 5.91 Å². The van der Waals surface area contributed by atoms with Crippen molar-refractivity contribution in [3.05, 3.63) is 82.0 Å². The lowest BCUT2D eigenvalue weighted by Crippen LogP contribution is -2.37. The highest BCUT2D eigenvalue weighted by Gasteiger charge is 2.28. The number of fused-ring (bicyclic) bond motifs is 1. The van der Waals surface area contributed by atoms with Gasteiger partial charge in [0.2, 0.25) is 0 Å². The molecular formula is C23H24N2O2S. The van der Waals surface area contributed by atoms with E-state index in [-0.39, 0.29) is 11.9 Å². The third-order valence-electron chi connectivity index (χ3n) is 5.05. The zero-order valence-corrected chi connectivity index (χ0v) is 16.7. The molecule has 0 bridgehead atoms. The first-order valence-electron chi connectivity index (χ1n) is 9.65. The van der Waals surface area contributed by atoms with Crippen molar-refractivity contribution < 1.29 is 9.53 Å². The van der Waals surface area contributed by atoms with E-state index in [1.165, 1.54) is 16.1 Å². The highest BCUT2D eigenvalue weighted by atomic mass is 32.1. The van der Waals surface area contributed by atoms with Gasteiger partial charge in [0.05, 0.1) is 12.6 Å².